The van der Waals surface area contributed by atoms with Gasteiger partial charge in [-0.15, -0.1) is 0 Å². The van der Waals surface area contributed by atoms with Crippen LogP contribution in [-0.2, 0) is 24.3 Å². The van der Waals surface area contributed by atoms with E-state index >= 15 is 0 Å². The Morgan fingerprint density at radius 1 is 1.28 bits per heavy atom. The minimum absolute atomic E-state index is 0.0349. The van der Waals surface area contributed by atoms with Gasteiger partial charge in [-0.1, -0.05) is 63.0 Å². The van der Waals surface area contributed by atoms with Crippen LogP contribution >= 0.6 is 0 Å². The molecule has 32 heavy (non-hydrogen) atoms. The van der Waals surface area contributed by atoms with Crippen molar-refractivity contribution in [3.8, 4) is 0 Å². The van der Waals surface area contributed by atoms with Gasteiger partial charge < -0.3 is 14.8 Å². The molecule has 1 aliphatic carbocycles. The van der Waals surface area contributed by atoms with Gasteiger partial charge in [0.15, 0.2) is 0 Å². The maximum absolute atomic E-state index is 13.5. The maximum atomic E-state index is 13.5. The summed E-state index contributed by atoms with van der Waals surface area (Å²) in [5, 5.41) is 3.14. The summed E-state index contributed by atoms with van der Waals surface area (Å²) in [5.74, 6) is 0.780. The van der Waals surface area contributed by atoms with E-state index in [1.165, 1.54) is 11.6 Å². The van der Waals surface area contributed by atoms with E-state index in [0.717, 1.165) is 30.1 Å². The first-order valence-corrected chi connectivity index (χ1v) is 11.3. The van der Waals surface area contributed by atoms with Crippen molar-refractivity contribution in [3.05, 3.63) is 89.9 Å². The molecule has 1 aromatic heterocycles. The quantitative estimate of drug-likeness (QED) is 0.593. The molecule has 0 spiro atoms. The summed E-state index contributed by atoms with van der Waals surface area (Å²) < 4.78 is 15.7. The molecule has 3 rings (SSSR count). The third-order valence-electron chi connectivity index (χ3n) is 5.14. The fraction of sp³-hybridized carbons (Fsp3) is 0.385. The predicted molar refractivity (Wildman–Crippen MR) is 130 cm³/mol. The lowest BCUT2D eigenvalue weighted by Crippen LogP contribution is -2.43. The standard InChI is InChI=1S/C24H29FN4O.C2H6/c1-3-7-19(8-4-2)14-22-16-27-23-18-28(11-12-29(22)23)24(30)17-26-15-20-9-5-6-10-21(25)13-20;1-2/h3-10,16,26H,1,11-15,17-18H2,2H3;1-2H3/b8-4-,19-7+;. The lowest BCUT2D eigenvalue weighted by Gasteiger charge is -2.29. The average molecular weight is 439 g/mol. The molecule has 6 heteroatoms. The third kappa shape index (κ3) is 7.31. The second-order valence-electron chi connectivity index (χ2n) is 7.39. The van der Waals surface area contributed by atoms with E-state index < -0.39 is 0 Å². The smallest absolute Gasteiger partial charge is 0.237 e. The number of nitrogens with one attached hydrogen (secondary N) is 1. The number of carbonyl (C=O) groups is 1. The summed E-state index contributed by atoms with van der Waals surface area (Å²) in [5.41, 5.74) is 3.24. The SMILES string of the molecule is C=C/C=C(\C=C/C)Cc1cnc2n1CCN(C(=O)CNCC1=CC=CC=C(F)C1)C2.CC. The number of fused-ring (bicyclic) bond motifs is 1. The lowest BCUT2D eigenvalue weighted by atomic mass is 10.1. The topological polar surface area (TPSA) is 50.2 Å². The van der Waals surface area contributed by atoms with Crippen LogP contribution in [0.5, 0.6) is 0 Å². The number of carbonyl (C=O) groups excluding carboxylic acids is 1. The minimum Gasteiger partial charge on any atom is -0.332 e. The van der Waals surface area contributed by atoms with E-state index in [2.05, 4.69) is 27.5 Å². The van der Waals surface area contributed by atoms with Crippen LogP contribution < -0.4 is 5.32 Å². The summed E-state index contributed by atoms with van der Waals surface area (Å²) >= 11 is 0. The second kappa shape index (κ2) is 13.4. The highest BCUT2D eigenvalue weighted by Gasteiger charge is 2.23. The van der Waals surface area contributed by atoms with Crippen molar-refractivity contribution in [1.82, 2.24) is 19.8 Å². The van der Waals surface area contributed by atoms with Crippen molar-refractivity contribution in [3.63, 3.8) is 0 Å². The third-order valence-corrected chi connectivity index (χ3v) is 5.14. The van der Waals surface area contributed by atoms with Gasteiger partial charge in [0.05, 0.1) is 13.1 Å². The number of imidazole rings is 1. The Bertz CT molecular complexity index is 934. The van der Waals surface area contributed by atoms with E-state index in [1.54, 1.807) is 12.2 Å². The molecule has 0 atom stereocenters. The fourth-order valence-corrected chi connectivity index (χ4v) is 3.68. The van der Waals surface area contributed by atoms with Gasteiger partial charge in [0.1, 0.15) is 11.7 Å². The Balaban J connectivity index is 0.00000176. The molecule has 2 aliphatic rings. The molecule has 2 heterocycles. The molecule has 0 aromatic carbocycles. The molecule has 0 radical (unpaired) electrons. The molecule has 0 saturated heterocycles. The molecule has 0 bridgehead atoms. The minimum atomic E-state index is -0.165. The van der Waals surface area contributed by atoms with Crippen LogP contribution in [0.1, 0.15) is 38.7 Å². The number of amides is 1. The van der Waals surface area contributed by atoms with Crippen molar-refractivity contribution in [2.75, 3.05) is 19.6 Å². The van der Waals surface area contributed by atoms with E-state index in [0.29, 0.717) is 19.6 Å². The summed E-state index contributed by atoms with van der Waals surface area (Å²) in [7, 11) is 0. The number of halogens is 1. The lowest BCUT2D eigenvalue weighted by molar-refractivity contribution is -0.131. The Morgan fingerprint density at radius 3 is 2.81 bits per heavy atom. The van der Waals surface area contributed by atoms with Crippen LogP contribution in [0.4, 0.5) is 4.39 Å². The van der Waals surface area contributed by atoms with Crippen molar-refractivity contribution in [2.24, 2.45) is 0 Å². The molecule has 5 nitrogen and oxygen atoms in total. The Labute approximate surface area is 191 Å². The van der Waals surface area contributed by atoms with Crippen molar-refractivity contribution in [1.29, 1.82) is 0 Å². The van der Waals surface area contributed by atoms with Crippen molar-refractivity contribution < 1.29 is 9.18 Å². The Kier molecular flexibility index (Phi) is 10.6. The Morgan fingerprint density at radius 2 is 2.06 bits per heavy atom. The van der Waals surface area contributed by atoms with Crippen LogP contribution in [0.25, 0.3) is 0 Å². The zero-order valence-electron chi connectivity index (χ0n) is 19.5. The summed E-state index contributed by atoms with van der Waals surface area (Å²) in [4.78, 5) is 19.0. The molecule has 1 aliphatic heterocycles. The monoisotopic (exact) mass is 438 g/mol. The van der Waals surface area contributed by atoms with E-state index in [-0.39, 0.29) is 24.7 Å². The van der Waals surface area contributed by atoms with Gasteiger partial charge in [0.25, 0.3) is 0 Å². The van der Waals surface area contributed by atoms with Crippen LogP contribution in [0.2, 0.25) is 0 Å². The first kappa shape index (κ1) is 25.3. The summed E-state index contributed by atoms with van der Waals surface area (Å²) in [6.45, 7) is 12.4. The molecule has 0 fully saturated rings. The normalized spacial score (nSPS) is 16.0. The number of aromatic nitrogens is 2. The van der Waals surface area contributed by atoms with Gasteiger partial charge >= 0.3 is 0 Å². The molecule has 0 saturated carbocycles. The molecule has 0 unspecified atom stereocenters. The first-order chi connectivity index (χ1) is 15.6. The number of hydrogen-bond acceptors (Lipinski definition) is 3. The summed E-state index contributed by atoms with van der Waals surface area (Å²) in [6, 6.07) is 0. The predicted octanol–water partition coefficient (Wildman–Crippen LogP) is 4.81. The van der Waals surface area contributed by atoms with Crippen LogP contribution in [0, 0.1) is 0 Å². The Hall–Kier alpha value is -2.99. The van der Waals surface area contributed by atoms with Crippen LogP contribution in [0.15, 0.2) is 78.4 Å². The molecular weight excluding hydrogens is 403 g/mol. The fourth-order valence-electron chi connectivity index (χ4n) is 3.68. The van der Waals surface area contributed by atoms with Gasteiger partial charge in [0.2, 0.25) is 5.91 Å². The first-order valence-electron chi connectivity index (χ1n) is 11.3. The van der Waals surface area contributed by atoms with E-state index in [1.807, 2.05) is 56.2 Å². The van der Waals surface area contributed by atoms with E-state index in [9.17, 15) is 9.18 Å². The molecular formula is C26H35FN4O. The van der Waals surface area contributed by atoms with E-state index in [4.69, 9.17) is 0 Å². The highest BCUT2D eigenvalue weighted by molar-refractivity contribution is 5.78. The number of rotatable bonds is 8. The van der Waals surface area contributed by atoms with Crippen molar-refractivity contribution >= 4 is 5.91 Å². The van der Waals surface area contributed by atoms with Crippen molar-refractivity contribution in [2.45, 2.75) is 46.7 Å². The zero-order chi connectivity index (χ0) is 23.3. The highest BCUT2D eigenvalue weighted by atomic mass is 19.1. The maximum Gasteiger partial charge on any atom is 0.237 e. The van der Waals surface area contributed by atoms with Gasteiger partial charge in [-0.2, -0.15) is 0 Å². The van der Waals surface area contributed by atoms with Crippen LogP contribution in [-0.4, -0.2) is 40.0 Å². The van der Waals surface area contributed by atoms with Crippen LogP contribution in [0.3, 0.4) is 0 Å². The van der Waals surface area contributed by atoms with Gasteiger partial charge in [0, 0.05) is 44.4 Å². The largest absolute Gasteiger partial charge is 0.332 e. The van der Waals surface area contributed by atoms with Gasteiger partial charge in [-0.25, -0.2) is 9.37 Å². The molecule has 1 N–H and O–H groups in total. The highest BCUT2D eigenvalue weighted by Crippen LogP contribution is 2.18. The van der Waals surface area contributed by atoms with Gasteiger partial charge in [-0.05, 0) is 24.1 Å². The van der Waals surface area contributed by atoms with Gasteiger partial charge in [-0.3, -0.25) is 4.79 Å². The molecule has 1 amide bonds. The zero-order valence-corrected chi connectivity index (χ0v) is 19.5. The molecule has 1 aromatic rings. The number of hydrogen-bond donors (Lipinski definition) is 1. The molecule has 172 valence electrons. The average Bonchev–Trinajstić information content (AvgIpc) is 3.07. The number of nitrogens with zero attached hydrogens (tertiary/aromatic N) is 3. The number of allylic oxidation sites excluding steroid dienone is 10. The summed E-state index contributed by atoms with van der Waals surface area (Å²) in [6.07, 6.45) is 17.7. The second-order valence-corrected chi connectivity index (χ2v) is 7.39.